The van der Waals surface area contributed by atoms with Crippen molar-refractivity contribution in [3.63, 3.8) is 0 Å². The van der Waals surface area contributed by atoms with Crippen LogP contribution in [0.15, 0.2) is 6.07 Å². The molecule has 0 bridgehead atoms. The lowest BCUT2D eigenvalue weighted by Crippen LogP contribution is -2.07. The molecule has 1 aliphatic rings. The maximum absolute atomic E-state index is 13.2. The Bertz CT molecular complexity index is 270. The fourth-order valence-electron chi connectivity index (χ4n) is 1.92. The third-order valence-corrected chi connectivity index (χ3v) is 2.68. The Morgan fingerprint density at radius 3 is 2.92 bits per heavy atom. The molecule has 3 heteroatoms. The SMILES string of the molecule is NCC(F)c1cc2c([nH]1)CCCC2. The van der Waals surface area contributed by atoms with Crippen molar-refractivity contribution in [3.8, 4) is 0 Å². The van der Waals surface area contributed by atoms with Gasteiger partial charge in [0, 0.05) is 12.2 Å². The first-order chi connectivity index (χ1) is 6.31. The molecule has 0 fully saturated rings. The summed E-state index contributed by atoms with van der Waals surface area (Å²) >= 11 is 0. The van der Waals surface area contributed by atoms with E-state index in [1.807, 2.05) is 6.07 Å². The average molecular weight is 182 g/mol. The Morgan fingerprint density at radius 1 is 1.46 bits per heavy atom. The van der Waals surface area contributed by atoms with Crippen LogP contribution in [-0.4, -0.2) is 11.5 Å². The van der Waals surface area contributed by atoms with Crippen molar-refractivity contribution < 1.29 is 4.39 Å². The number of nitrogens with two attached hydrogens (primary N) is 1. The molecule has 0 spiro atoms. The van der Waals surface area contributed by atoms with Gasteiger partial charge >= 0.3 is 0 Å². The summed E-state index contributed by atoms with van der Waals surface area (Å²) in [6.07, 6.45) is 3.57. The highest BCUT2D eigenvalue weighted by molar-refractivity contribution is 5.29. The fraction of sp³-hybridized carbons (Fsp3) is 0.600. The zero-order valence-electron chi connectivity index (χ0n) is 7.65. The number of aromatic amines is 1. The van der Waals surface area contributed by atoms with E-state index in [1.165, 1.54) is 24.1 Å². The van der Waals surface area contributed by atoms with E-state index in [0.717, 1.165) is 12.8 Å². The van der Waals surface area contributed by atoms with Gasteiger partial charge in [-0.05, 0) is 37.3 Å². The molecular formula is C10H15FN2. The molecule has 1 aliphatic carbocycles. The first kappa shape index (κ1) is 8.75. The third kappa shape index (κ3) is 1.61. The molecule has 0 saturated carbocycles. The smallest absolute Gasteiger partial charge is 0.152 e. The van der Waals surface area contributed by atoms with E-state index in [9.17, 15) is 4.39 Å². The second-order valence-corrected chi connectivity index (χ2v) is 3.64. The standard InChI is InChI=1S/C10H15FN2/c11-8(6-12)10-5-7-3-1-2-4-9(7)13-10/h5,8,13H,1-4,6,12H2. The quantitative estimate of drug-likeness (QED) is 0.720. The number of nitrogens with one attached hydrogen (secondary N) is 1. The van der Waals surface area contributed by atoms with Crippen LogP contribution in [0.1, 0.15) is 36.0 Å². The second kappa shape index (κ2) is 3.50. The van der Waals surface area contributed by atoms with Crippen molar-refractivity contribution in [2.45, 2.75) is 31.9 Å². The highest BCUT2D eigenvalue weighted by Crippen LogP contribution is 2.25. The molecule has 1 heterocycles. The zero-order valence-corrected chi connectivity index (χ0v) is 7.65. The van der Waals surface area contributed by atoms with E-state index in [1.54, 1.807) is 0 Å². The van der Waals surface area contributed by atoms with Crippen LogP contribution in [0.5, 0.6) is 0 Å². The van der Waals surface area contributed by atoms with Gasteiger partial charge in [-0.25, -0.2) is 4.39 Å². The van der Waals surface area contributed by atoms with Gasteiger partial charge in [-0.3, -0.25) is 0 Å². The van der Waals surface area contributed by atoms with Gasteiger partial charge in [-0.2, -0.15) is 0 Å². The highest BCUT2D eigenvalue weighted by atomic mass is 19.1. The summed E-state index contributed by atoms with van der Waals surface area (Å²) in [5, 5.41) is 0. The molecule has 2 nitrogen and oxygen atoms in total. The number of aryl methyl sites for hydroxylation is 2. The molecule has 0 aromatic carbocycles. The number of hydrogen-bond donors (Lipinski definition) is 2. The van der Waals surface area contributed by atoms with Gasteiger partial charge in [0.1, 0.15) is 0 Å². The minimum atomic E-state index is -1.02. The minimum Gasteiger partial charge on any atom is -0.360 e. The summed E-state index contributed by atoms with van der Waals surface area (Å²) in [5.74, 6) is 0. The molecule has 0 amide bonds. The summed E-state index contributed by atoms with van der Waals surface area (Å²) in [6, 6.07) is 1.94. The van der Waals surface area contributed by atoms with E-state index in [-0.39, 0.29) is 6.54 Å². The number of alkyl halides is 1. The van der Waals surface area contributed by atoms with E-state index >= 15 is 0 Å². The number of aromatic nitrogens is 1. The summed E-state index contributed by atoms with van der Waals surface area (Å²) < 4.78 is 13.2. The molecule has 0 saturated heterocycles. The fourth-order valence-corrected chi connectivity index (χ4v) is 1.92. The van der Waals surface area contributed by atoms with Gasteiger partial charge < -0.3 is 10.7 Å². The number of rotatable bonds is 2. The molecule has 1 atom stereocenters. The Kier molecular flexibility index (Phi) is 2.36. The first-order valence-corrected chi connectivity index (χ1v) is 4.86. The molecule has 1 unspecified atom stereocenters. The molecule has 1 aromatic heterocycles. The van der Waals surface area contributed by atoms with Crippen molar-refractivity contribution in [2.75, 3.05) is 6.54 Å². The number of H-pyrrole nitrogens is 1. The van der Waals surface area contributed by atoms with Crippen LogP contribution in [0.4, 0.5) is 4.39 Å². The lowest BCUT2D eigenvalue weighted by atomic mass is 9.98. The zero-order chi connectivity index (χ0) is 9.26. The summed E-state index contributed by atoms with van der Waals surface area (Å²) in [7, 11) is 0. The predicted octanol–water partition coefficient (Wildman–Crippen LogP) is 1.86. The van der Waals surface area contributed by atoms with Crippen LogP contribution >= 0.6 is 0 Å². The van der Waals surface area contributed by atoms with E-state index in [2.05, 4.69) is 4.98 Å². The van der Waals surface area contributed by atoms with Gasteiger partial charge in [0.2, 0.25) is 0 Å². The number of hydrogen-bond acceptors (Lipinski definition) is 1. The molecule has 3 N–H and O–H groups in total. The Labute approximate surface area is 77.3 Å². The Balaban J connectivity index is 2.25. The highest BCUT2D eigenvalue weighted by Gasteiger charge is 2.16. The number of fused-ring (bicyclic) bond motifs is 1. The maximum Gasteiger partial charge on any atom is 0.152 e. The summed E-state index contributed by atoms with van der Waals surface area (Å²) in [6.45, 7) is 0.0688. The van der Waals surface area contributed by atoms with Crippen LogP contribution in [0.3, 0.4) is 0 Å². The largest absolute Gasteiger partial charge is 0.360 e. The van der Waals surface area contributed by atoms with Crippen molar-refractivity contribution in [1.29, 1.82) is 0 Å². The Morgan fingerprint density at radius 2 is 2.23 bits per heavy atom. The second-order valence-electron chi connectivity index (χ2n) is 3.64. The van der Waals surface area contributed by atoms with Crippen molar-refractivity contribution in [1.82, 2.24) is 4.98 Å². The van der Waals surface area contributed by atoms with Gasteiger partial charge in [0.15, 0.2) is 6.17 Å². The molecule has 1 aromatic rings. The first-order valence-electron chi connectivity index (χ1n) is 4.86. The van der Waals surface area contributed by atoms with Gasteiger partial charge in [0.05, 0.1) is 5.69 Å². The van der Waals surface area contributed by atoms with Crippen molar-refractivity contribution in [3.05, 3.63) is 23.0 Å². The topological polar surface area (TPSA) is 41.8 Å². The van der Waals surface area contributed by atoms with Gasteiger partial charge in [-0.1, -0.05) is 0 Å². The lowest BCUT2D eigenvalue weighted by molar-refractivity contribution is 0.346. The lowest BCUT2D eigenvalue weighted by Gasteiger charge is -2.09. The van der Waals surface area contributed by atoms with E-state index < -0.39 is 6.17 Å². The third-order valence-electron chi connectivity index (χ3n) is 2.68. The average Bonchev–Trinajstić information content (AvgIpc) is 2.59. The van der Waals surface area contributed by atoms with Gasteiger partial charge in [-0.15, -0.1) is 0 Å². The minimum absolute atomic E-state index is 0.0688. The van der Waals surface area contributed by atoms with Crippen LogP contribution < -0.4 is 5.73 Å². The van der Waals surface area contributed by atoms with Crippen LogP contribution in [0.25, 0.3) is 0 Å². The van der Waals surface area contributed by atoms with Crippen LogP contribution in [-0.2, 0) is 12.8 Å². The molecule has 0 radical (unpaired) electrons. The number of halogens is 1. The molecule has 0 aliphatic heterocycles. The van der Waals surface area contributed by atoms with Crippen LogP contribution in [0, 0.1) is 0 Å². The normalized spacial score (nSPS) is 18.3. The molecule has 13 heavy (non-hydrogen) atoms. The van der Waals surface area contributed by atoms with Crippen molar-refractivity contribution in [2.24, 2.45) is 5.73 Å². The summed E-state index contributed by atoms with van der Waals surface area (Å²) in [5.41, 5.74) is 8.44. The summed E-state index contributed by atoms with van der Waals surface area (Å²) in [4.78, 5) is 3.13. The molecular weight excluding hydrogens is 167 g/mol. The Hall–Kier alpha value is -0.830. The molecule has 72 valence electrons. The predicted molar refractivity (Wildman–Crippen MR) is 50.3 cm³/mol. The monoisotopic (exact) mass is 182 g/mol. The van der Waals surface area contributed by atoms with Gasteiger partial charge in [0.25, 0.3) is 0 Å². The van der Waals surface area contributed by atoms with E-state index in [0.29, 0.717) is 5.69 Å². The van der Waals surface area contributed by atoms with E-state index in [4.69, 9.17) is 5.73 Å². The van der Waals surface area contributed by atoms with Crippen molar-refractivity contribution >= 4 is 0 Å². The van der Waals surface area contributed by atoms with Crippen LogP contribution in [0.2, 0.25) is 0 Å². The molecule has 2 rings (SSSR count). The maximum atomic E-state index is 13.2.